The number of benzene rings is 2. The molecule has 1 aliphatic heterocycles. The Hall–Kier alpha value is -1.90. The normalized spacial score (nSPS) is 14.7. The summed E-state index contributed by atoms with van der Waals surface area (Å²) in [7, 11) is 0. The summed E-state index contributed by atoms with van der Waals surface area (Å²) >= 11 is 0. The van der Waals surface area contributed by atoms with Gasteiger partial charge in [-0.05, 0) is 12.1 Å². The van der Waals surface area contributed by atoms with Crippen molar-refractivity contribution in [1.29, 1.82) is 0 Å². The predicted molar refractivity (Wildman–Crippen MR) is 58.3 cm³/mol. The number of hydrogen-bond acceptors (Lipinski definition) is 2. The number of ketones is 1. The van der Waals surface area contributed by atoms with Crippen LogP contribution in [-0.2, 0) is 0 Å². The third kappa shape index (κ3) is 1.21. The molecule has 3 rings (SSSR count). The zero-order chi connectivity index (χ0) is 11.1. The van der Waals surface area contributed by atoms with Crippen molar-refractivity contribution < 1.29 is 13.9 Å². The third-order valence-corrected chi connectivity index (χ3v) is 2.83. The molecule has 0 aliphatic carbocycles. The van der Waals surface area contributed by atoms with Crippen molar-refractivity contribution in [2.75, 3.05) is 6.61 Å². The minimum absolute atomic E-state index is 0.0624. The smallest absolute Gasteiger partial charge is 0.170 e. The van der Waals surface area contributed by atoms with E-state index in [0.29, 0.717) is 35.1 Å². The van der Waals surface area contributed by atoms with Gasteiger partial charge in [0.2, 0.25) is 0 Å². The van der Waals surface area contributed by atoms with Gasteiger partial charge < -0.3 is 4.74 Å². The van der Waals surface area contributed by atoms with Crippen LogP contribution in [0.25, 0.3) is 10.8 Å². The average Bonchev–Trinajstić information content (AvgIpc) is 2.30. The van der Waals surface area contributed by atoms with Crippen LogP contribution < -0.4 is 4.74 Å². The van der Waals surface area contributed by atoms with E-state index in [-0.39, 0.29) is 11.6 Å². The molecule has 0 radical (unpaired) electrons. The van der Waals surface area contributed by atoms with Crippen LogP contribution in [0, 0.1) is 5.82 Å². The lowest BCUT2D eigenvalue weighted by Crippen LogP contribution is -2.15. The van der Waals surface area contributed by atoms with Crippen LogP contribution in [0.4, 0.5) is 4.39 Å². The van der Waals surface area contributed by atoms with Crippen LogP contribution in [0.1, 0.15) is 16.8 Å². The van der Waals surface area contributed by atoms with Crippen LogP contribution in [0.5, 0.6) is 5.75 Å². The summed E-state index contributed by atoms with van der Waals surface area (Å²) in [6.45, 7) is 0.376. The topological polar surface area (TPSA) is 26.3 Å². The molecule has 0 aromatic heterocycles. The van der Waals surface area contributed by atoms with Gasteiger partial charge in [-0.1, -0.05) is 18.2 Å². The molecular weight excluding hydrogens is 207 g/mol. The highest BCUT2D eigenvalue weighted by atomic mass is 19.1. The van der Waals surface area contributed by atoms with E-state index in [2.05, 4.69) is 0 Å². The Balaban J connectivity index is 2.40. The Morgan fingerprint density at radius 1 is 1.12 bits per heavy atom. The van der Waals surface area contributed by atoms with E-state index >= 15 is 0 Å². The molecule has 0 fully saturated rings. The quantitative estimate of drug-likeness (QED) is 0.676. The Kier molecular flexibility index (Phi) is 1.93. The molecule has 2 aromatic carbocycles. The van der Waals surface area contributed by atoms with Crippen molar-refractivity contribution in [3.63, 3.8) is 0 Å². The molecule has 2 aromatic rings. The van der Waals surface area contributed by atoms with Gasteiger partial charge in [-0.25, -0.2) is 4.39 Å². The molecule has 80 valence electrons. The Morgan fingerprint density at radius 3 is 2.88 bits per heavy atom. The van der Waals surface area contributed by atoms with Crippen LogP contribution in [-0.4, -0.2) is 12.4 Å². The summed E-state index contributed by atoms with van der Waals surface area (Å²) in [5.74, 6) is 0.294. The van der Waals surface area contributed by atoms with Crippen molar-refractivity contribution in [2.45, 2.75) is 6.42 Å². The van der Waals surface area contributed by atoms with E-state index < -0.39 is 0 Å². The van der Waals surface area contributed by atoms with Gasteiger partial charge in [0, 0.05) is 17.2 Å². The third-order valence-electron chi connectivity index (χ3n) is 2.83. The number of fused-ring (bicyclic) bond motifs is 3. The zero-order valence-corrected chi connectivity index (χ0v) is 8.50. The van der Waals surface area contributed by atoms with E-state index in [4.69, 9.17) is 4.74 Å². The van der Waals surface area contributed by atoms with Crippen molar-refractivity contribution in [2.24, 2.45) is 0 Å². The maximum atomic E-state index is 13.5. The largest absolute Gasteiger partial charge is 0.492 e. The number of rotatable bonds is 0. The maximum absolute atomic E-state index is 13.5. The zero-order valence-electron chi connectivity index (χ0n) is 8.50. The predicted octanol–water partition coefficient (Wildman–Crippen LogP) is 2.94. The highest BCUT2D eigenvalue weighted by Crippen LogP contribution is 2.34. The van der Waals surface area contributed by atoms with Crippen LogP contribution in [0.15, 0.2) is 30.3 Å². The molecule has 1 aliphatic rings. The second kappa shape index (κ2) is 3.30. The van der Waals surface area contributed by atoms with Crippen LogP contribution in [0.2, 0.25) is 0 Å². The molecule has 0 spiro atoms. The van der Waals surface area contributed by atoms with Gasteiger partial charge in [0.05, 0.1) is 12.2 Å². The van der Waals surface area contributed by atoms with E-state index in [1.165, 1.54) is 6.07 Å². The van der Waals surface area contributed by atoms with Gasteiger partial charge >= 0.3 is 0 Å². The summed E-state index contributed by atoms with van der Waals surface area (Å²) in [6.07, 6.45) is 0.397. The minimum atomic E-state index is -0.290. The number of carbonyl (C=O) groups excluding carboxylic acids is 1. The summed E-state index contributed by atoms with van der Waals surface area (Å²) < 4.78 is 19.0. The first-order valence-electron chi connectivity index (χ1n) is 5.14. The lowest BCUT2D eigenvalue weighted by Gasteiger charge is -2.18. The Bertz CT molecular complexity index is 590. The van der Waals surface area contributed by atoms with E-state index in [1.54, 1.807) is 24.3 Å². The van der Waals surface area contributed by atoms with Crippen molar-refractivity contribution in [3.8, 4) is 5.75 Å². The minimum Gasteiger partial charge on any atom is -0.492 e. The number of Topliss-reactive ketones (excluding diaryl/α,β-unsaturated/α-hetero) is 1. The summed E-state index contributed by atoms with van der Waals surface area (Å²) in [4.78, 5) is 11.6. The van der Waals surface area contributed by atoms with E-state index in [1.807, 2.05) is 0 Å². The Labute approximate surface area is 91.6 Å². The van der Waals surface area contributed by atoms with Crippen molar-refractivity contribution in [3.05, 3.63) is 41.7 Å². The van der Waals surface area contributed by atoms with Gasteiger partial charge in [-0.3, -0.25) is 4.79 Å². The molecule has 0 saturated carbocycles. The number of hydrogen-bond donors (Lipinski definition) is 0. The lowest BCUT2D eigenvalue weighted by molar-refractivity contribution is 0.0935. The fourth-order valence-electron chi connectivity index (χ4n) is 2.05. The number of ether oxygens (including phenoxy) is 1. The average molecular weight is 216 g/mol. The highest BCUT2D eigenvalue weighted by Gasteiger charge is 2.21. The summed E-state index contributed by atoms with van der Waals surface area (Å²) in [5, 5.41) is 1.17. The first-order chi connectivity index (χ1) is 7.77. The van der Waals surface area contributed by atoms with Gasteiger partial charge in [0.15, 0.2) is 5.78 Å². The van der Waals surface area contributed by atoms with Crippen molar-refractivity contribution >= 4 is 16.6 Å². The van der Waals surface area contributed by atoms with Gasteiger partial charge in [0.25, 0.3) is 0 Å². The fraction of sp³-hybridized carbons (Fsp3) is 0.154. The number of halogens is 1. The second-order valence-corrected chi connectivity index (χ2v) is 3.80. The first kappa shape index (κ1) is 9.33. The molecule has 16 heavy (non-hydrogen) atoms. The molecule has 0 saturated heterocycles. The molecule has 0 atom stereocenters. The molecule has 2 nitrogen and oxygen atoms in total. The number of carbonyl (C=O) groups is 1. The summed E-state index contributed by atoms with van der Waals surface area (Å²) in [5.41, 5.74) is 0.560. The van der Waals surface area contributed by atoms with Gasteiger partial charge in [-0.15, -0.1) is 0 Å². The molecule has 1 heterocycles. The molecular formula is C13H9FO2. The second-order valence-electron chi connectivity index (χ2n) is 3.80. The summed E-state index contributed by atoms with van der Waals surface area (Å²) in [6, 6.07) is 8.08. The van der Waals surface area contributed by atoms with Gasteiger partial charge in [0.1, 0.15) is 11.6 Å². The molecule has 0 bridgehead atoms. The molecule has 3 heteroatoms. The standard InChI is InChI=1S/C13H9FO2/c14-11-3-1-2-9-8(11)4-5-10-12(15)6-7-16-13(9)10/h1-5H,6-7H2. The monoisotopic (exact) mass is 216 g/mol. The lowest BCUT2D eigenvalue weighted by atomic mass is 9.99. The van der Waals surface area contributed by atoms with E-state index in [0.717, 1.165) is 0 Å². The van der Waals surface area contributed by atoms with Gasteiger partial charge in [-0.2, -0.15) is 0 Å². The Morgan fingerprint density at radius 2 is 2.00 bits per heavy atom. The maximum Gasteiger partial charge on any atom is 0.170 e. The highest BCUT2D eigenvalue weighted by molar-refractivity contribution is 6.05. The van der Waals surface area contributed by atoms with Crippen LogP contribution in [0.3, 0.4) is 0 Å². The first-order valence-corrected chi connectivity index (χ1v) is 5.14. The molecule has 0 amide bonds. The van der Waals surface area contributed by atoms with Crippen LogP contribution >= 0.6 is 0 Å². The van der Waals surface area contributed by atoms with Crippen molar-refractivity contribution in [1.82, 2.24) is 0 Å². The molecule has 0 N–H and O–H groups in total. The fourth-order valence-corrected chi connectivity index (χ4v) is 2.05. The molecule has 0 unspecified atom stereocenters. The SMILES string of the molecule is O=C1CCOc2c1ccc1c(F)cccc21. The van der Waals surface area contributed by atoms with E-state index in [9.17, 15) is 9.18 Å².